The summed E-state index contributed by atoms with van der Waals surface area (Å²) >= 11 is 1.18. The summed E-state index contributed by atoms with van der Waals surface area (Å²) in [6.45, 7) is 0.252. The number of anilines is 1. The molecule has 0 saturated carbocycles. The monoisotopic (exact) mass is 508 g/mol. The van der Waals surface area contributed by atoms with Crippen molar-refractivity contribution >= 4 is 28.3 Å². The number of ether oxygens (including phenoxy) is 2. The molecule has 0 aliphatic carbocycles. The summed E-state index contributed by atoms with van der Waals surface area (Å²) in [6.07, 6.45) is -4.66. The molecule has 2 amide bonds. The van der Waals surface area contributed by atoms with Crippen LogP contribution < -0.4 is 10.1 Å². The van der Waals surface area contributed by atoms with Crippen molar-refractivity contribution in [2.24, 2.45) is 0 Å². The van der Waals surface area contributed by atoms with E-state index in [2.05, 4.69) is 15.5 Å². The number of hydrogen-bond donors (Lipinski definition) is 1. The Morgan fingerprint density at radius 2 is 1.80 bits per heavy atom. The molecule has 0 aliphatic rings. The maximum atomic E-state index is 13.0. The SMILES string of the molecule is COCCN(CCC(=O)Nc1nnc(-c2ccc(OC)cc2)s1)C(=O)c1cccc(C(F)(F)F)c1. The van der Waals surface area contributed by atoms with Gasteiger partial charge in [0.15, 0.2) is 0 Å². The minimum Gasteiger partial charge on any atom is -0.497 e. The fraction of sp³-hybridized carbons (Fsp3) is 0.304. The van der Waals surface area contributed by atoms with E-state index in [1.165, 1.54) is 35.5 Å². The highest BCUT2D eigenvalue weighted by molar-refractivity contribution is 7.18. The van der Waals surface area contributed by atoms with E-state index in [0.29, 0.717) is 10.8 Å². The van der Waals surface area contributed by atoms with Crippen molar-refractivity contribution in [1.82, 2.24) is 15.1 Å². The number of nitrogens with zero attached hydrogens (tertiary/aromatic N) is 3. The molecule has 8 nitrogen and oxygen atoms in total. The molecule has 0 aliphatic heterocycles. The lowest BCUT2D eigenvalue weighted by atomic mass is 10.1. The summed E-state index contributed by atoms with van der Waals surface area (Å²) in [5.74, 6) is -0.343. The first kappa shape index (κ1) is 26.1. The van der Waals surface area contributed by atoms with Crippen LogP contribution in [0.25, 0.3) is 10.6 Å². The highest BCUT2D eigenvalue weighted by Gasteiger charge is 2.31. The molecule has 0 radical (unpaired) electrons. The number of carbonyl (C=O) groups is 2. The molecule has 1 N–H and O–H groups in total. The quantitative estimate of drug-likeness (QED) is 0.438. The Kier molecular flexibility index (Phi) is 8.77. The van der Waals surface area contributed by atoms with Crippen molar-refractivity contribution in [1.29, 1.82) is 0 Å². The van der Waals surface area contributed by atoms with Gasteiger partial charge in [-0.25, -0.2) is 0 Å². The average Bonchev–Trinajstić information content (AvgIpc) is 3.31. The van der Waals surface area contributed by atoms with Crippen LogP contribution >= 0.6 is 11.3 Å². The summed E-state index contributed by atoms with van der Waals surface area (Å²) in [5, 5.41) is 11.6. The van der Waals surface area contributed by atoms with E-state index in [0.717, 1.165) is 17.7 Å². The van der Waals surface area contributed by atoms with Crippen molar-refractivity contribution < 1.29 is 32.2 Å². The van der Waals surface area contributed by atoms with Gasteiger partial charge in [0.1, 0.15) is 10.8 Å². The normalized spacial score (nSPS) is 11.2. The molecule has 1 heterocycles. The molecular weight excluding hydrogens is 485 g/mol. The predicted octanol–water partition coefficient (Wildman–Crippen LogP) is 4.35. The number of halogens is 3. The van der Waals surface area contributed by atoms with Crippen LogP contribution in [0.5, 0.6) is 5.75 Å². The number of methoxy groups -OCH3 is 2. The van der Waals surface area contributed by atoms with Crippen LogP contribution in [0.15, 0.2) is 48.5 Å². The number of benzene rings is 2. The Labute approximate surface area is 203 Å². The van der Waals surface area contributed by atoms with E-state index in [1.54, 1.807) is 19.2 Å². The van der Waals surface area contributed by atoms with Gasteiger partial charge in [0.2, 0.25) is 11.0 Å². The molecule has 2 aromatic carbocycles. The third-order valence-corrected chi connectivity index (χ3v) is 5.79. The van der Waals surface area contributed by atoms with Gasteiger partial charge in [-0.2, -0.15) is 13.2 Å². The minimum absolute atomic E-state index is 0.0194. The molecule has 1 aromatic heterocycles. The molecule has 0 atom stereocenters. The first-order valence-electron chi connectivity index (χ1n) is 10.4. The van der Waals surface area contributed by atoms with E-state index >= 15 is 0 Å². The highest BCUT2D eigenvalue weighted by atomic mass is 32.1. The van der Waals surface area contributed by atoms with Crippen LogP contribution in [0.4, 0.5) is 18.3 Å². The van der Waals surface area contributed by atoms with Gasteiger partial charge in [0.05, 0.1) is 19.3 Å². The van der Waals surface area contributed by atoms with E-state index in [4.69, 9.17) is 9.47 Å². The molecule has 12 heteroatoms. The molecule has 0 bridgehead atoms. The zero-order chi connectivity index (χ0) is 25.4. The van der Waals surface area contributed by atoms with Crippen molar-refractivity contribution in [3.63, 3.8) is 0 Å². The molecule has 186 valence electrons. The van der Waals surface area contributed by atoms with Crippen LogP contribution in [-0.2, 0) is 15.7 Å². The second kappa shape index (κ2) is 11.8. The number of amides is 2. The maximum absolute atomic E-state index is 13.0. The summed E-state index contributed by atoms with van der Waals surface area (Å²) in [5.41, 5.74) is -0.234. The molecule has 3 aromatic rings. The number of rotatable bonds is 10. The summed E-state index contributed by atoms with van der Waals surface area (Å²) in [6, 6.07) is 11.4. The number of aromatic nitrogens is 2. The number of nitrogens with one attached hydrogen (secondary N) is 1. The smallest absolute Gasteiger partial charge is 0.416 e. The van der Waals surface area contributed by atoms with E-state index in [1.807, 2.05) is 12.1 Å². The maximum Gasteiger partial charge on any atom is 0.416 e. The summed E-state index contributed by atoms with van der Waals surface area (Å²) in [7, 11) is 3.01. The molecule has 35 heavy (non-hydrogen) atoms. The fourth-order valence-corrected chi connectivity index (χ4v) is 3.84. The van der Waals surface area contributed by atoms with Gasteiger partial charge in [0, 0.05) is 37.7 Å². The lowest BCUT2D eigenvalue weighted by Gasteiger charge is -2.22. The third-order valence-electron chi connectivity index (χ3n) is 4.91. The van der Waals surface area contributed by atoms with Crippen LogP contribution in [0, 0.1) is 0 Å². The largest absolute Gasteiger partial charge is 0.497 e. The Hall–Kier alpha value is -3.51. The molecule has 0 fully saturated rings. The van der Waals surface area contributed by atoms with Gasteiger partial charge in [0.25, 0.3) is 5.91 Å². The number of alkyl halides is 3. The topological polar surface area (TPSA) is 93.7 Å². The number of hydrogen-bond acceptors (Lipinski definition) is 7. The Bertz CT molecular complexity index is 1150. The zero-order valence-electron chi connectivity index (χ0n) is 19.0. The standard InChI is InChI=1S/C23H23F3N4O4S/c1-33-13-12-30(21(32)16-4-3-5-17(14-16)23(24,25)26)11-10-19(31)27-22-29-28-20(35-22)15-6-8-18(34-2)9-7-15/h3-9,14H,10-13H2,1-2H3,(H,27,29,31). The first-order valence-corrected chi connectivity index (χ1v) is 11.3. The van der Waals surface area contributed by atoms with Crippen LogP contribution in [0.1, 0.15) is 22.3 Å². The minimum atomic E-state index is -4.57. The average molecular weight is 509 g/mol. The molecule has 0 saturated heterocycles. The second-order valence-electron chi connectivity index (χ2n) is 7.30. The Morgan fingerprint density at radius 1 is 1.06 bits per heavy atom. The van der Waals surface area contributed by atoms with Gasteiger partial charge in [-0.1, -0.05) is 17.4 Å². The van der Waals surface area contributed by atoms with E-state index < -0.39 is 23.6 Å². The van der Waals surface area contributed by atoms with Gasteiger partial charge < -0.3 is 19.7 Å². The summed E-state index contributed by atoms with van der Waals surface area (Å²) in [4.78, 5) is 26.6. The zero-order valence-corrected chi connectivity index (χ0v) is 19.8. The third kappa shape index (κ3) is 7.23. The number of carbonyl (C=O) groups excluding carboxylic acids is 2. The highest BCUT2D eigenvalue weighted by Crippen LogP contribution is 2.30. The van der Waals surface area contributed by atoms with Gasteiger partial charge >= 0.3 is 6.18 Å². The summed E-state index contributed by atoms with van der Waals surface area (Å²) < 4.78 is 49.2. The predicted molar refractivity (Wildman–Crippen MR) is 124 cm³/mol. The van der Waals surface area contributed by atoms with Crippen LogP contribution in [0.2, 0.25) is 0 Å². The second-order valence-corrected chi connectivity index (χ2v) is 8.28. The molecular formula is C23H23F3N4O4S. The lowest BCUT2D eigenvalue weighted by Crippen LogP contribution is -2.36. The van der Waals surface area contributed by atoms with Crippen LogP contribution in [-0.4, -0.2) is 60.8 Å². The van der Waals surface area contributed by atoms with Gasteiger partial charge in [-0.15, -0.1) is 10.2 Å². The first-order chi connectivity index (χ1) is 16.7. The van der Waals surface area contributed by atoms with Gasteiger partial charge in [-0.3, -0.25) is 9.59 Å². The van der Waals surface area contributed by atoms with Crippen LogP contribution in [0.3, 0.4) is 0 Å². The van der Waals surface area contributed by atoms with Crippen molar-refractivity contribution in [2.45, 2.75) is 12.6 Å². The van der Waals surface area contributed by atoms with Crippen molar-refractivity contribution in [3.8, 4) is 16.3 Å². The Balaban J connectivity index is 1.62. The van der Waals surface area contributed by atoms with Gasteiger partial charge in [-0.05, 0) is 42.5 Å². The van der Waals surface area contributed by atoms with E-state index in [-0.39, 0.29) is 36.8 Å². The fourth-order valence-electron chi connectivity index (χ4n) is 3.07. The van der Waals surface area contributed by atoms with Crippen molar-refractivity contribution in [2.75, 3.05) is 39.2 Å². The molecule has 3 rings (SSSR count). The van der Waals surface area contributed by atoms with Crippen molar-refractivity contribution in [3.05, 3.63) is 59.7 Å². The van der Waals surface area contributed by atoms with E-state index in [9.17, 15) is 22.8 Å². The lowest BCUT2D eigenvalue weighted by molar-refractivity contribution is -0.137. The molecule has 0 unspecified atom stereocenters. The molecule has 0 spiro atoms. The Morgan fingerprint density at radius 3 is 2.46 bits per heavy atom.